The van der Waals surface area contributed by atoms with Gasteiger partial charge in [0, 0.05) is 0 Å². The van der Waals surface area contributed by atoms with E-state index in [9.17, 15) is 4.79 Å². The molecule has 1 atom stereocenters. The van der Waals surface area contributed by atoms with Crippen LogP contribution in [0, 0.1) is 0 Å². The maximum atomic E-state index is 10.3. The van der Waals surface area contributed by atoms with Crippen molar-refractivity contribution in [3.05, 3.63) is 0 Å². The average molecular weight is 184 g/mol. The van der Waals surface area contributed by atoms with Crippen molar-refractivity contribution in [2.45, 2.75) is 11.4 Å². The fourth-order valence-corrected chi connectivity index (χ4v) is 1.09. The summed E-state index contributed by atoms with van der Waals surface area (Å²) in [4.78, 5) is 8.68. The van der Waals surface area contributed by atoms with E-state index in [4.69, 9.17) is 22.4 Å². The van der Waals surface area contributed by atoms with E-state index in [1.54, 1.807) is 0 Å². The van der Waals surface area contributed by atoms with Gasteiger partial charge in [-0.25, -0.2) is 4.79 Å². The fourth-order valence-electron chi connectivity index (χ4n) is 0.358. The Kier molecular flexibility index (Phi) is 4.08. The van der Waals surface area contributed by atoms with Gasteiger partial charge in [-0.1, -0.05) is 11.6 Å². The summed E-state index contributed by atoms with van der Waals surface area (Å²) < 4.78 is 0. The molecule has 0 aromatic rings. The minimum Gasteiger partial charge on any atom is -0.479 e. The summed E-state index contributed by atoms with van der Waals surface area (Å²) >= 11 is 6.93. The van der Waals surface area contributed by atoms with Crippen LogP contribution in [0.3, 0.4) is 0 Å². The normalized spacial score (nSPS) is 16.3. The van der Waals surface area contributed by atoms with Crippen LogP contribution >= 0.6 is 23.4 Å². The second-order valence-corrected chi connectivity index (χ2v) is 3.57. The molecular weight excluding hydrogens is 174 g/mol. The summed E-state index contributed by atoms with van der Waals surface area (Å²) in [6.07, 6.45) is 2.15. The molecular formula is C5H10ClNO2S. The maximum Gasteiger partial charge on any atom is 0.339 e. The molecule has 0 aliphatic carbocycles. The fraction of sp³-hybridized carbons (Fsp3) is 0.800. The number of thioether (sulfide) groups is 1. The van der Waals surface area contributed by atoms with Crippen molar-refractivity contribution >= 4 is 29.3 Å². The van der Waals surface area contributed by atoms with Crippen LogP contribution in [0.15, 0.2) is 0 Å². The van der Waals surface area contributed by atoms with E-state index < -0.39 is 11.0 Å². The third-order valence-electron chi connectivity index (χ3n) is 1.03. The molecule has 0 rings (SSSR count). The van der Waals surface area contributed by atoms with Crippen molar-refractivity contribution in [3.8, 4) is 0 Å². The van der Waals surface area contributed by atoms with Gasteiger partial charge in [0.05, 0.1) is 0 Å². The van der Waals surface area contributed by atoms with Gasteiger partial charge in [0.2, 0.25) is 0 Å². The van der Waals surface area contributed by atoms with Crippen LogP contribution in [-0.2, 0) is 4.79 Å². The highest BCUT2D eigenvalue weighted by Crippen LogP contribution is 2.14. The van der Waals surface area contributed by atoms with Crippen molar-refractivity contribution in [1.82, 2.24) is 0 Å². The third-order valence-corrected chi connectivity index (χ3v) is 1.99. The Hall–Kier alpha value is 0.0700. The van der Waals surface area contributed by atoms with E-state index in [1.165, 1.54) is 11.8 Å². The zero-order valence-electron chi connectivity index (χ0n) is 5.63. The highest BCUT2D eigenvalue weighted by molar-refractivity contribution is 7.98. The van der Waals surface area contributed by atoms with Crippen LogP contribution in [0.2, 0.25) is 0 Å². The lowest BCUT2D eigenvalue weighted by Gasteiger charge is -2.14. The molecule has 0 bridgehead atoms. The molecule has 1 unspecified atom stereocenters. The molecule has 0 aliphatic rings. The molecule has 0 aromatic carbocycles. The number of carbonyl (C=O) groups is 1. The molecule has 60 valence electrons. The largest absolute Gasteiger partial charge is 0.479 e. The highest BCUT2D eigenvalue weighted by atomic mass is 35.5. The van der Waals surface area contributed by atoms with E-state index in [2.05, 4.69) is 0 Å². The van der Waals surface area contributed by atoms with Gasteiger partial charge < -0.3 is 10.8 Å². The summed E-state index contributed by atoms with van der Waals surface area (Å²) in [6, 6.07) is 0. The first-order valence-electron chi connectivity index (χ1n) is 2.71. The van der Waals surface area contributed by atoms with E-state index in [0.29, 0.717) is 5.75 Å². The van der Waals surface area contributed by atoms with Crippen molar-refractivity contribution in [2.75, 3.05) is 12.0 Å². The van der Waals surface area contributed by atoms with E-state index in [-0.39, 0.29) is 6.42 Å². The van der Waals surface area contributed by atoms with Gasteiger partial charge >= 0.3 is 5.97 Å². The molecule has 0 spiro atoms. The minimum absolute atomic E-state index is 0.283. The summed E-state index contributed by atoms with van der Waals surface area (Å²) in [6.45, 7) is 0. The van der Waals surface area contributed by atoms with Gasteiger partial charge in [-0.3, -0.25) is 0 Å². The Labute approximate surface area is 68.9 Å². The van der Waals surface area contributed by atoms with Gasteiger partial charge in [-0.2, -0.15) is 11.8 Å². The van der Waals surface area contributed by atoms with Crippen LogP contribution in [0.5, 0.6) is 0 Å². The predicted molar refractivity (Wildman–Crippen MR) is 43.4 cm³/mol. The number of hydrogen-bond donors (Lipinski definition) is 2. The van der Waals surface area contributed by atoms with Gasteiger partial charge in [-0.05, 0) is 18.4 Å². The monoisotopic (exact) mass is 183 g/mol. The molecule has 0 aliphatic heterocycles. The van der Waals surface area contributed by atoms with Gasteiger partial charge in [-0.15, -0.1) is 0 Å². The van der Waals surface area contributed by atoms with Gasteiger partial charge in [0.15, 0.2) is 5.00 Å². The Morgan fingerprint density at radius 2 is 2.40 bits per heavy atom. The van der Waals surface area contributed by atoms with Crippen LogP contribution in [0.25, 0.3) is 0 Å². The number of rotatable bonds is 4. The molecule has 3 nitrogen and oxygen atoms in total. The zero-order chi connectivity index (χ0) is 8.20. The molecule has 0 radical (unpaired) electrons. The number of carboxylic acid groups (broad SMARTS) is 1. The van der Waals surface area contributed by atoms with Crippen LogP contribution < -0.4 is 5.73 Å². The standard InChI is InChI=1S/C5H10ClNO2S/c1-10-3-2-5(6,7)4(8)9/h2-3,7H2,1H3,(H,8,9). The Bertz CT molecular complexity index is 129. The topological polar surface area (TPSA) is 63.3 Å². The second-order valence-electron chi connectivity index (χ2n) is 1.91. The SMILES string of the molecule is CSCCC(N)(Cl)C(=O)O. The van der Waals surface area contributed by atoms with Crippen molar-refractivity contribution < 1.29 is 9.90 Å². The first kappa shape index (κ1) is 10.1. The quantitative estimate of drug-likeness (QED) is 0.498. The molecule has 10 heavy (non-hydrogen) atoms. The number of aliphatic carboxylic acids is 1. The number of carboxylic acids is 1. The third kappa shape index (κ3) is 3.29. The Morgan fingerprint density at radius 1 is 1.90 bits per heavy atom. The Balaban J connectivity index is 3.75. The molecule has 0 fully saturated rings. The molecule has 0 saturated heterocycles. The highest BCUT2D eigenvalue weighted by Gasteiger charge is 2.29. The summed E-state index contributed by atoms with van der Waals surface area (Å²) in [7, 11) is 0. The molecule has 0 heterocycles. The number of nitrogens with two attached hydrogens (primary N) is 1. The molecule has 0 aromatic heterocycles. The number of alkyl halides is 1. The van der Waals surface area contributed by atoms with Crippen molar-refractivity contribution in [1.29, 1.82) is 0 Å². The van der Waals surface area contributed by atoms with Crippen molar-refractivity contribution in [2.24, 2.45) is 5.73 Å². The lowest BCUT2D eigenvalue weighted by Crippen LogP contribution is -2.42. The molecule has 3 N–H and O–H groups in total. The summed E-state index contributed by atoms with van der Waals surface area (Å²) in [5.74, 6) is -0.505. The minimum atomic E-state index is -1.58. The van der Waals surface area contributed by atoms with Gasteiger partial charge in [0.1, 0.15) is 0 Å². The first-order chi connectivity index (χ1) is 4.50. The van der Waals surface area contributed by atoms with Crippen molar-refractivity contribution in [3.63, 3.8) is 0 Å². The smallest absolute Gasteiger partial charge is 0.339 e. The average Bonchev–Trinajstić information content (AvgIpc) is 1.84. The zero-order valence-corrected chi connectivity index (χ0v) is 7.21. The summed E-state index contributed by atoms with van der Waals surface area (Å²) in [5.41, 5.74) is 5.20. The predicted octanol–water partition coefficient (Wildman–Crippen LogP) is 0.718. The van der Waals surface area contributed by atoms with Crippen LogP contribution in [-0.4, -0.2) is 28.1 Å². The lowest BCUT2D eigenvalue weighted by atomic mass is 10.2. The second kappa shape index (κ2) is 4.05. The number of halogens is 1. The molecule has 0 saturated carbocycles. The van der Waals surface area contributed by atoms with Crippen LogP contribution in [0.1, 0.15) is 6.42 Å². The molecule has 0 amide bonds. The number of hydrogen-bond acceptors (Lipinski definition) is 3. The lowest BCUT2D eigenvalue weighted by molar-refractivity contribution is -0.140. The van der Waals surface area contributed by atoms with E-state index in [1.807, 2.05) is 6.26 Å². The maximum absolute atomic E-state index is 10.3. The Morgan fingerprint density at radius 3 is 2.70 bits per heavy atom. The molecule has 5 heteroatoms. The van der Waals surface area contributed by atoms with Gasteiger partial charge in [0.25, 0.3) is 0 Å². The van der Waals surface area contributed by atoms with E-state index in [0.717, 1.165) is 0 Å². The van der Waals surface area contributed by atoms with Crippen LogP contribution in [0.4, 0.5) is 0 Å². The summed E-state index contributed by atoms with van der Waals surface area (Å²) in [5, 5.41) is 8.40. The van der Waals surface area contributed by atoms with E-state index >= 15 is 0 Å². The first-order valence-corrected chi connectivity index (χ1v) is 4.48.